The first-order chi connectivity index (χ1) is 27.2. The molecule has 0 fully saturated rings. The highest BCUT2D eigenvalue weighted by atomic mass is 31.2. The van der Waals surface area contributed by atoms with Crippen LogP contribution in [0.1, 0.15) is 162 Å². The summed E-state index contributed by atoms with van der Waals surface area (Å²) in [4.78, 5) is 34.9. The average Bonchev–Trinajstić information content (AvgIpc) is 3.18. The number of phosphoric acid groups is 1. The van der Waals surface area contributed by atoms with Crippen LogP contribution in [0.3, 0.4) is 0 Å². The summed E-state index contributed by atoms with van der Waals surface area (Å²) in [5, 5.41) is 10.3. The number of phosphoric ester groups is 1. The number of ether oxygens (including phenoxy) is 2. The summed E-state index contributed by atoms with van der Waals surface area (Å²) in [6.07, 6.45) is 45.3. The zero-order chi connectivity index (χ0) is 41.2. The predicted molar refractivity (Wildman–Crippen MR) is 230 cm³/mol. The van der Waals surface area contributed by atoms with Gasteiger partial charge in [-0.05, 0) is 77.0 Å². The molecule has 0 aromatic heterocycles. The largest absolute Gasteiger partial charge is 0.472 e. The minimum atomic E-state index is -4.44. The lowest BCUT2D eigenvalue weighted by Crippen LogP contribution is -2.29. The molecule has 3 atom stereocenters. The van der Waals surface area contributed by atoms with Gasteiger partial charge in [0.25, 0.3) is 0 Å². The van der Waals surface area contributed by atoms with E-state index in [0.717, 1.165) is 51.4 Å². The van der Waals surface area contributed by atoms with Gasteiger partial charge in [0.05, 0.1) is 19.3 Å². The van der Waals surface area contributed by atoms with Gasteiger partial charge >= 0.3 is 19.8 Å². The van der Waals surface area contributed by atoms with Gasteiger partial charge in [-0.15, -0.1) is 0 Å². The van der Waals surface area contributed by atoms with E-state index in [-0.39, 0.29) is 32.6 Å². The van der Waals surface area contributed by atoms with Crippen molar-refractivity contribution in [3.05, 3.63) is 72.9 Å². The van der Waals surface area contributed by atoms with Gasteiger partial charge in [0.1, 0.15) is 6.61 Å². The van der Waals surface area contributed by atoms with E-state index in [4.69, 9.17) is 24.3 Å². The number of rotatable bonds is 39. The first-order valence-corrected chi connectivity index (χ1v) is 23.0. The number of unbranched alkanes of at least 4 members (excludes halogenated alkanes) is 13. The molecule has 1 unspecified atom stereocenters. The molecule has 0 rings (SSSR count). The second kappa shape index (κ2) is 40.6. The standard InChI is InChI=1S/C45H78NO9P/c1-3-5-7-9-11-13-15-17-18-19-20-22-24-26-28-30-32-36-44(48)52-40-43(41-54-56(50,51)53-39-38-46)55-45(49)37-33-35-42(47)34-31-29-27-25-23-21-16-14-12-10-8-6-4-2/h11-14,17-18,21,23,27,29,31,34,42-43,47H,3-10,15-16,19-20,22,24-26,28,30,32-33,35-41,46H2,1-2H3,(H,50,51)/b13-11-,14-12-,18-17-,23-21-,29-27-,34-31+/t42-,43+/m0/s1. The van der Waals surface area contributed by atoms with Crippen molar-refractivity contribution >= 4 is 19.8 Å². The van der Waals surface area contributed by atoms with E-state index < -0.39 is 38.6 Å². The van der Waals surface area contributed by atoms with Gasteiger partial charge < -0.3 is 25.2 Å². The molecule has 0 aromatic rings. The average molecular weight is 808 g/mol. The molecule has 322 valence electrons. The normalized spacial score (nSPS) is 14.6. The van der Waals surface area contributed by atoms with Crippen molar-refractivity contribution < 1.29 is 42.7 Å². The van der Waals surface area contributed by atoms with Gasteiger partial charge in [-0.25, -0.2) is 4.57 Å². The van der Waals surface area contributed by atoms with Gasteiger partial charge in [-0.2, -0.15) is 0 Å². The van der Waals surface area contributed by atoms with Crippen LogP contribution < -0.4 is 5.73 Å². The molecular formula is C45H78NO9P. The second-order valence-electron chi connectivity index (χ2n) is 14.1. The van der Waals surface area contributed by atoms with Crippen molar-refractivity contribution in [3.8, 4) is 0 Å². The van der Waals surface area contributed by atoms with Crippen LogP contribution in [0.15, 0.2) is 72.9 Å². The smallest absolute Gasteiger partial charge is 0.462 e. The highest BCUT2D eigenvalue weighted by molar-refractivity contribution is 7.47. The van der Waals surface area contributed by atoms with E-state index >= 15 is 0 Å². The number of allylic oxidation sites excluding steroid dienone is 11. The highest BCUT2D eigenvalue weighted by Gasteiger charge is 2.26. The molecule has 0 heterocycles. The molecule has 10 nitrogen and oxygen atoms in total. The zero-order valence-corrected chi connectivity index (χ0v) is 35.8. The third-order valence-electron chi connectivity index (χ3n) is 8.67. The van der Waals surface area contributed by atoms with E-state index in [9.17, 15) is 24.2 Å². The summed E-state index contributed by atoms with van der Waals surface area (Å²) in [5.74, 6) is -1.05. The van der Waals surface area contributed by atoms with Crippen LogP contribution >= 0.6 is 7.82 Å². The van der Waals surface area contributed by atoms with E-state index in [0.29, 0.717) is 19.3 Å². The maximum absolute atomic E-state index is 12.6. The van der Waals surface area contributed by atoms with Crippen molar-refractivity contribution in [2.24, 2.45) is 5.73 Å². The Bertz CT molecular complexity index is 1160. The van der Waals surface area contributed by atoms with Gasteiger partial charge in [0, 0.05) is 19.4 Å². The maximum atomic E-state index is 12.6. The Balaban J connectivity index is 4.38. The SMILES string of the molecule is CCCCC/C=C\C/C=C\C/C=C\C=C\[C@H](O)CCCC(=O)O[C@H](COC(=O)CCCCCCCCC/C=C\C/C=C\CCCCC)COP(=O)(O)OCCN. The minimum Gasteiger partial charge on any atom is -0.462 e. The van der Waals surface area contributed by atoms with E-state index in [1.54, 1.807) is 12.2 Å². The second-order valence-corrected chi connectivity index (χ2v) is 15.5. The predicted octanol–water partition coefficient (Wildman–Crippen LogP) is 11.2. The quantitative estimate of drug-likeness (QED) is 0.0180. The summed E-state index contributed by atoms with van der Waals surface area (Å²) in [7, 11) is -4.44. The fraction of sp³-hybridized carbons (Fsp3) is 0.689. The van der Waals surface area contributed by atoms with Crippen LogP contribution in [0.25, 0.3) is 0 Å². The Labute approximate surface area is 340 Å². The number of carbonyl (C=O) groups is 2. The number of aliphatic hydroxyl groups excluding tert-OH is 1. The van der Waals surface area contributed by atoms with Crippen LogP contribution in [-0.2, 0) is 32.7 Å². The van der Waals surface area contributed by atoms with E-state index in [1.165, 1.54) is 64.2 Å². The van der Waals surface area contributed by atoms with Crippen molar-refractivity contribution in [2.45, 2.75) is 174 Å². The molecule has 0 aliphatic heterocycles. The number of aliphatic hydroxyl groups is 1. The van der Waals surface area contributed by atoms with Crippen LogP contribution in [0.2, 0.25) is 0 Å². The lowest BCUT2D eigenvalue weighted by molar-refractivity contribution is -0.161. The lowest BCUT2D eigenvalue weighted by atomic mass is 10.1. The van der Waals surface area contributed by atoms with Crippen molar-refractivity contribution in [1.82, 2.24) is 0 Å². The number of hydrogen-bond acceptors (Lipinski definition) is 9. The molecule has 11 heteroatoms. The molecule has 0 saturated heterocycles. The first kappa shape index (κ1) is 53.4. The van der Waals surface area contributed by atoms with Crippen LogP contribution in [0, 0.1) is 0 Å². The van der Waals surface area contributed by atoms with Crippen molar-refractivity contribution in [2.75, 3.05) is 26.4 Å². The van der Waals surface area contributed by atoms with Gasteiger partial charge in [0.2, 0.25) is 0 Å². The lowest BCUT2D eigenvalue weighted by Gasteiger charge is -2.20. The fourth-order valence-electron chi connectivity index (χ4n) is 5.41. The summed E-state index contributed by atoms with van der Waals surface area (Å²) in [5.41, 5.74) is 5.33. The van der Waals surface area contributed by atoms with Gasteiger partial charge in [0.15, 0.2) is 6.10 Å². The maximum Gasteiger partial charge on any atom is 0.472 e. The Hall–Kier alpha value is -2.59. The van der Waals surface area contributed by atoms with Gasteiger partial charge in [-0.1, -0.05) is 145 Å². The number of nitrogens with two attached hydrogens (primary N) is 1. The zero-order valence-electron chi connectivity index (χ0n) is 35.0. The molecule has 4 N–H and O–H groups in total. The third-order valence-corrected chi connectivity index (χ3v) is 9.65. The molecule has 0 radical (unpaired) electrons. The molecular weight excluding hydrogens is 729 g/mol. The fourth-order valence-corrected chi connectivity index (χ4v) is 6.18. The Morgan fingerprint density at radius 3 is 1.73 bits per heavy atom. The molecule has 0 aromatic carbocycles. The first-order valence-electron chi connectivity index (χ1n) is 21.5. The van der Waals surface area contributed by atoms with Crippen LogP contribution in [0.4, 0.5) is 0 Å². The number of esters is 2. The molecule has 0 spiro atoms. The summed E-state index contributed by atoms with van der Waals surface area (Å²) in [6.45, 7) is 3.43. The molecule has 0 bridgehead atoms. The monoisotopic (exact) mass is 808 g/mol. The van der Waals surface area contributed by atoms with E-state index in [1.807, 2.05) is 12.2 Å². The highest BCUT2D eigenvalue weighted by Crippen LogP contribution is 2.43. The molecule has 0 amide bonds. The summed E-state index contributed by atoms with van der Waals surface area (Å²) >= 11 is 0. The molecule has 0 aliphatic rings. The third kappa shape index (κ3) is 39.6. The molecule has 0 aliphatic carbocycles. The topological polar surface area (TPSA) is 155 Å². The number of hydrogen-bond donors (Lipinski definition) is 3. The van der Waals surface area contributed by atoms with Crippen molar-refractivity contribution in [1.29, 1.82) is 0 Å². The summed E-state index contributed by atoms with van der Waals surface area (Å²) in [6, 6.07) is 0. The van der Waals surface area contributed by atoms with Gasteiger partial charge in [-0.3, -0.25) is 18.6 Å². The molecule has 56 heavy (non-hydrogen) atoms. The van der Waals surface area contributed by atoms with E-state index in [2.05, 4.69) is 62.5 Å². The number of carbonyl (C=O) groups excluding carboxylic acids is 2. The Kier molecular flexibility index (Phi) is 38.7. The van der Waals surface area contributed by atoms with Crippen molar-refractivity contribution in [3.63, 3.8) is 0 Å². The van der Waals surface area contributed by atoms with Crippen LogP contribution in [-0.4, -0.2) is 60.5 Å². The summed E-state index contributed by atoms with van der Waals surface area (Å²) < 4.78 is 32.6. The van der Waals surface area contributed by atoms with Crippen LogP contribution in [0.5, 0.6) is 0 Å². The minimum absolute atomic E-state index is 0.00293. The molecule has 0 saturated carbocycles. The Morgan fingerprint density at radius 2 is 1.14 bits per heavy atom. The Morgan fingerprint density at radius 1 is 0.625 bits per heavy atom.